The van der Waals surface area contributed by atoms with Crippen LogP contribution < -0.4 is 10.6 Å². The lowest BCUT2D eigenvalue weighted by Gasteiger charge is -2.20. The zero-order valence-corrected chi connectivity index (χ0v) is 10.6. The van der Waals surface area contributed by atoms with Crippen LogP contribution in [0.15, 0.2) is 40.5 Å². The fourth-order valence-corrected chi connectivity index (χ4v) is 1.70. The van der Waals surface area contributed by atoms with E-state index in [9.17, 15) is 14.7 Å². The van der Waals surface area contributed by atoms with Crippen molar-refractivity contribution in [1.29, 1.82) is 5.41 Å². The summed E-state index contributed by atoms with van der Waals surface area (Å²) >= 11 is 0. The molecule has 0 bridgehead atoms. The number of carboxylic acids is 1. The Bertz CT molecular complexity index is 653. The summed E-state index contributed by atoms with van der Waals surface area (Å²) in [5.41, 5.74) is -0.0952. The largest absolute Gasteiger partial charge is 0.479 e. The van der Waals surface area contributed by atoms with E-state index in [1.54, 1.807) is 30.3 Å². The highest BCUT2D eigenvalue weighted by molar-refractivity contribution is 6.68. The third-order valence-corrected chi connectivity index (χ3v) is 2.66. The number of carbonyl (C=O) groups is 2. The fraction of sp³-hybridized carbons (Fsp3) is 0.0833. The zero-order chi connectivity index (χ0) is 15.4. The van der Waals surface area contributed by atoms with Gasteiger partial charge in [-0.1, -0.05) is 35.5 Å². The van der Waals surface area contributed by atoms with E-state index in [1.165, 1.54) is 0 Å². The predicted octanol–water partition coefficient (Wildman–Crippen LogP) is -0.305. The highest BCUT2D eigenvalue weighted by atomic mass is 16.4. The first-order valence-electron chi connectivity index (χ1n) is 5.78. The molecule has 0 spiro atoms. The Labute approximate surface area is 118 Å². The summed E-state index contributed by atoms with van der Waals surface area (Å²) in [4.78, 5) is 26.5. The number of nitrogens with zero attached hydrogens (tertiary/aromatic N) is 2. The van der Waals surface area contributed by atoms with Crippen LogP contribution in [0.25, 0.3) is 0 Å². The number of oxime groups is 1. The van der Waals surface area contributed by atoms with Crippen LogP contribution in [0.3, 0.4) is 0 Å². The van der Waals surface area contributed by atoms with Crippen molar-refractivity contribution < 1.29 is 19.9 Å². The first-order chi connectivity index (χ1) is 10.0. The summed E-state index contributed by atoms with van der Waals surface area (Å²) in [6.07, 6.45) is 0. The van der Waals surface area contributed by atoms with Gasteiger partial charge in [0.2, 0.25) is 11.7 Å². The van der Waals surface area contributed by atoms with E-state index in [4.69, 9.17) is 10.6 Å². The van der Waals surface area contributed by atoms with Crippen LogP contribution in [0.2, 0.25) is 0 Å². The Morgan fingerprint density at radius 1 is 1.38 bits per heavy atom. The first-order valence-corrected chi connectivity index (χ1v) is 5.78. The van der Waals surface area contributed by atoms with Crippen molar-refractivity contribution in [3.63, 3.8) is 0 Å². The number of aliphatic carboxylic acids is 1. The number of guanidine groups is 1. The van der Waals surface area contributed by atoms with E-state index < -0.39 is 29.5 Å². The maximum Gasteiger partial charge on any atom is 0.330 e. The van der Waals surface area contributed by atoms with E-state index in [1.807, 2.05) is 0 Å². The van der Waals surface area contributed by atoms with Crippen molar-refractivity contribution in [3.05, 3.63) is 35.9 Å². The second-order valence-corrected chi connectivity index (χ2v) is 4.04. The molecule has 1 atom stereocenters. The molecule has 108 valence electrons. The molecule has 9 nitrogen and oxygen atoms in total. The monoisotopic (exact) mass is 289 g/mol. The van der Waals surface area contributed by atoms with Crippen LogP contribution >= 0.6 is 0 Å². The fourth-order valence-electron chi connectivity index (χ4n) is 1.70. The second kappa shape index (κ2) is 5.82. The van der Waals surface area contributed by atoms with Crippen molar-refractivity contribution in [2.24, 2.45) is 10.1 Å². The van der Waals surface area contributed by atoms with E-state index >= 15 is 0 Å². The van der Waals surface area contributed by atoms with Gasteiger partial charge < -0.3 is 15.6 Å². The van der Waals surface area contributed by atoms with Crippen LogP contribution in [0.1, 0.15) is 11.6 Å². The highest BCUT2D eigenvalue weighted by Crippen LogP contribution is 2.12. The minimum absolute atomic E-state index is 0.200. The second-order valence-electron chi connectivity index (χ2n) is 4.04. The summed E-state index contributed by atoms with van der Waals surface area (Å²) in [6, 6.07) is 7.14. The van der Waals surface area contributed by atoms with Crippen LogP contribution in [-0.4, -0.2) is 39.7 Å². The standard InChI is InChI=1S/C12H11N5O4/c13-9-8(17-21)10(18)16-12(15-9)14-7(11(19)20)6-4-2-1-3-5-6/h1-5,7,21H,(H,19,20)(H3,13,14,15,16,18)/b17-8+. The molecule has 0 fully saturated rings. The van der Waals surface area contributed by atoms with Gasteiger partial charge in [0, 0.05) is 0 Å². The van der Waals surface area contributed by atoms with Gasteiger partial charge in [-0.05, 0) is 5.56 Å². The number of aliphatic imine (C=N–C) groups is 1. The summed E-state index contributed by atoms with van der Waals surface area (Å²) < 4.78 is 0. The van der Waals surface area contributed by atoms with Crippen LogP contribution in [0.5, 0.6) is 0 Å². The molecule has 1 aromatic carbocycles. The first kappa shape index (κ1) is 14.2. The number of amides is 1. The third-order valence-electron chi connectivity index (χ3n) is 2.66. The van der Waals surface area contributed by atoms with Gasteiger partial charge in [-0.25, -0.2) is 4.79 Å². The summed E-state index contributed by atoms with van der Waals surface area (Å²) in [6.45, 7) is 0. The van der Waals surface area contributed by atoms with Gasteiger partial charge in [0.05, 0.1) is 0 Å². The predicted molar refractivity (Wildman–Crippen MR) is 72.5 cm³/mol. The number of rotatable bonds is 3. The van der Waals surface area contributed by atoms with Crippen molar-refractivity contribution >= 4 is 29.4 Å². The number of amidine groups is 1. The van der Waals surface area contributed by atoms with Crippen molar-refractivity contribution in [1.82, 2.24) is 10.6 Å². The average Bonchev–Trinajstić information content (AvgIpc) is 2.45. The molecule has 21 heavy (non-hydrogen) atoms. The van der Waals surface area contributed by atoms with Gasteiger partial charge in [-0.2, -0.15) is 4.99 Å². The summed E-state index contributed by atoms with van der Waals surface area (Å²) in [5.74, 6) is -2.79. The minimum Gasteiger partial charge on any atom is -0.479 e. The lowest BCUT2D eigenvalue weighted by Crippen LogP contribution is -2.52. The van der Waals surface area contributed by atoms with Gasteiger partial charge >= 0.3 is 5.97 Å². The van der Waals surface area contributed by atoms with E-state index in [0.29, 0.717) is 5.56 Å². The molecule has 2 rings (SSSR count). The molecule has 0 saturated carbocycles. The van der Waals surface area contributed by atoms with E-state index in [0.717, 1.165) is 0 Å². The number of hydrogen-bond acceptors (Lipinski definition) is 6. The molecule has 9 heteroatoms. The quantitative estimate of drug-likeness (QED) is 0.382. The molecule has 1 amide bonds. The van der Waals surface area contributed by atoms with Gasteiger partial charge in [-0.15, -0.1) is 0 Å². The van der Waals surface area contributed by atoms with Gasteiger partial charge in [-0.3, -0.25) is 15.5 Å². The Kier molecular flexibility index (Phi) is 3.93. The molecule has 0 radical (unpaired) electrons. The van der Waals surface area contributed by atoms with Crippen molar-refractivity contribution in [2.45, 2.75) is 6.04 Å². The number of benzene rings is 1. The van der Waals surface area contributed by atoms with Crippen LogP contribution in [0.4, 0.5) is 0 Å². The minimum atomic E-state index is -1.17. The molecule has 5 N–H and O–H groups in total. The number of carboxylic acid groups (broad SMARTS) is 1. The SMILES string of the molecule is N=C1N=C(NC(C(=O)O)c2ccccc2)NC(=O)/C1=N/O. The smallest absolute Gasteiger partial charge is 0.330 e. The van der Waals surface area contributed by atoms with Crippen molar-refractivity contribution in [2.75, 3.05) is 0 Å². The summed E-state index contributed by atoms with van der Waals surface area (Å²) in [5, 5.41) is 32.6. The molecule has 1 unspecified atom stereocenters. The maximum atomic E-state index is 11.5. The summed E-state index contributed by atoms with van der Waals surface area (Å²) in [7, 11) is 0. The third kappa shape index (κ3) is 3.03. The van der Waals surface area contributed by atoms with Gasteiger partial charge in [0.15, 0.2) is 11.9 Å². The highest BCUT2D eigenvalue weighted by Gasteiger charge is 2.28. The topological polar surface area (TPSA) is 147 Å². The van der Waals surface area contributed by atoms with Gasteiger partial charge in [0.25, 0.3) is 5.91 Å². The lowest BCUT2D eigenvalue weighted by molar-refractivity contribution is -0.139. The lowest BCUT2D eigenvalue weighted by atomic mass is 10.1. The molecule has 1 aromatic rings. The Hall–Kier alpha value is -3.23. The van der Waals surface area contributed by atoms with E-state index in [2.05, 4.69) is 20.8 Å². The Morgan fingerprint density at radius 3 is 2.57 bits per heavy atom. The number of nitrogens with one attached hydrogen (secondary N) is 3. The van der Waals surface area contributed by atoms with E-state index in [-0.39, 0.29) is 5.96 Å². The Morgan fingerprint density at radius 2 is 2.05 bits per heavy atom. The molecular formula is C12H11N5O4. The molecule has 1 aliphatic rings. The molecule has 0 saturated heterocycles. The molecule has 0 aliphatic carbocycles. The zero-order valence-electron chi connectivity index (χ0n) is 10.6. The van der Waals surface area contributed by atoms with Crippen molar-refractivity contribution in [3.8, 4) is 0 Å². The number of carbonyl (C=O) groups excluding carboxylic acids is 1. The molecule has 0 aromatic heterocycles. The molecule has 1 heterocycles. The normalized spacial score (nSPS) is 17.9. The maximum absolute atomic E-state index is 11.5. The van der Waals surface area contributed by atoms with Crippen LogP contribution in [-0.2, 0) is 9.59 Å². The molecular weight excluding hydrogens is 278 g/mol. The average molecular weight is 289 g/mol. The Balaban J connectivity index is 2.25. The van der Waals surface area contributed by atoms with Crippen LogP contribution in [0, 0.1) is 5.41 Å². The number of hydrogen-bond donors (Lipinski definition) is 5. The van der Waals surface area contributed by atoms with Gasteiger partial charge in [0.1, 0.15) is 0 Å². The molecule has 1 aliphatic heterocycles.